The topological polar surface area (TPSA) is 3.24 Å². The van der Waals surface area contributed by atoms with E-state index in [1.807, 2.05) is 0 Å². The van der Waals surface area contributed by atoms with Crippen molar-refractivity contribution >= 4 is 38.6 Å². The molecule has 290 valence electrons. The van der Waals surface area contributed by atoms with Gasteiger partial charge in [-0.15, -0.1) is 0 Å². The van der Waals surface area contributed by atoms with Gasteiger partial charge >= 0.3 is 0 Å². The summed E-state index contributed by atoms with van der Waals surface area (Å²) in [4.78, 5) is 2.43. The number of fused-ring (bicyclic) bond motifs is 5. The van der Waals surface area contributed by atoms with Crippen molar-refractivity contribution < 1.29 is 0 Å². The van der Waals surface area contributed by atoms with E-state index in [0.717, 1.165) is 17.1 Å². The zero-order valence-corrected chi connectivity index (χ0v) is 34.5. The van der Waals surface area contributed by atoms with Gasteiger partial charge in [0.05, 0.1) is 5.41 Å². The smallest absolute Gasteiger partial charge is 0.0714 e. The first-order valence-corrected chi connectivity index (χ1v) is 21.3. The van der Waals surface area contributed by atoms with Gasteiger partial charge in [-0.1, -0.05) is 202 Å². The molecule has 0 radical (unpaired) electrons. The second kappa shape index (κ2) is 14.7. The lowest BCUT2D eigenvalue weighted by atomic mass is 9.67. The van der Waals surface area contributed by atoms with Crippen molar-refractivity contribution in [3.8, 4) is 22.3 Å². The van der Waals surface area contributed by atoms with Crippen molar-refractivity contribution in [2.75, 3.05) is 4.90 Å². The molecule has 0 atom stereocenters. The number of rotatable bonds is 8. The molecule has 0 bridgehead atoms. The van der Waals surface area contributed by atoms with Crippen LogP contribution >= 0.6 is 0 Å². The highest BCUT2D eigenvalue weighted by Crippen LogP contribution is 2.58. The minimum absolute atomic E-state index is 0.196. The number of anilines is 3. The van der Waals surface area contributed by atoms with Gasteiger partial charge < -0.3 is 4.90 Å². The first-order valence-electron chi connectivity index (χ1n) is 21.3. The maximum Gasteiger partial charge on any atom is 0.0714 e. The molecule has 1 heteroatoms. The summed E-state index contributed by atoms with van der Waals surface area (Å²) in [6.07, 6.45) is 0. The third kappa shape index (κ3) is 6.08. The fraction of sp³-hybridized carbons (Fsp3) is 0.0667. The van der Waals surface area contributed by atoms with E-state index in [9.17, 15) is 0 Å². The van der Waals surface area contributed by atoms with Crippen molar-refractivity contribution in [2.24, 2.45) is 0 Å². The van der Waals surface area contributed by atoms with Crippen molar-refractivity contribution in [2.45, 2.75) is 24.7 Å². The summed E-state index contributed by atoms with van der Waals surface area (Å²) in [6, 6.07) is 87.5. The zero-order valence-electron chi connectivity index (χ0n) is 34.5. The van der Waals surface area contributed by atoms with Crippen LogP contribution in [0.15, 0.2) is 237 Å². The van der Waals surface area contributed by atoms with E-state index in [4.69, 9.17) is 0 Å². The lowest BCUT2D eigenvalue weighted by Gasteiger charge is -2.35. The highest BCUT2D eigenvalue weighted by atomic mass is 15.1. The summed E-state index contributed by atoms with van der Waals surface area (Å²) >= 11 is 0. The van der Waals surface area contributed by atoms with Crippen LogP contribution in [0.5, 0.6) is 0 Å². The molecule has 10 aromatic rings. The monoisotopic (exact) mass is 779 g/mol. The summed E-state index contributed by atoms with van der Waals surface area (Å²) < 4.78 is 0. The zero-order chi connectivity index (χ0) is 41.0. The summed E-state index contributed by atoms with van der Waals surface area (Å²) in [7, 11) is 0. The van der Waals surface area contributed by atoms with Gasteiger partial charge in [0.2, 0.25) is 0 Å². The Kier molecular flexibility index (Phi) is 8.79. The minimum atomic E-state index is -0.538. The lowest BCUT2D eigenvalue weighted by Crippen LogP contribution is -2.28. The molecule has 0 spiro atoms. The first-order chi connectivity index (χ1) is 30.0. The van der Waals surface area contributed by atoms with Gasteiger partial charge in [0, 0.05) is 22.5 Å². The van der Waals surface area contributed by atoms with Gasteiger partial charge in [0.25, 0.3) is 0 Å². The maximum atomic E-state index is 2.47. The minimum Gasteiger partial charge on any atom is -0.310 e. The maximum absolute atomic E-state index is 2.47. The van der Waals surface area contributed by atoms with Crippen LogP contribution in [0.25, 0.3) is 43.8 Å². The molecule has 1 aliphatic rings. The molecule has 61 heavy (non-hydrogen) atoms. The molecule has 11 rings (SSSR count). The summed E-state index contributed by atoms with van der Waals surface area (Å²) in [5.41, 5.74) is 15.2. The molecule has 1 nitrogen and oxygen atoms in total. The van der Waals surface area contributed by atoms with Crippen LogP contribution in [0.2, 0.25) is 0 Å². The summed E-state index contributed by atoms with van der Waals surface area (Å²) in [5, 5.41) is 5.03. The Bertz CT molecular complexity index is 3140. The molecule has 1 aliphatic carbocycles. The Morgan fingerprint density at radius 1 is 0.328 bits per heavy atom. The molecule has 10 aromatic carbocycles. The van der Waals surface area contributed by atoms with Gasteiger partial charge in [-0.3, -0.25) is 0 Å². The largest absolute Gasteiger partial charge is 0.310 e. The lowest BCUT2D eigenvalue weighted by molar-refractivity contribution is 0.642. The van der Waals surface area contributed by atoms with E-state index in [0.29, 0.717) is 0 Å². The fourth-order valence-electron chi connectivity index (χ4n) is 9.95. The second-order valence-electron chi connectivity index (χ2n) is 16.9. The van der Waals surface area contributed by atoms with E-state index in [1.54, 1.807) is 0 Å². The van der Waals surface area contributed by atoms with E-state index in [-0.39, 0.29) is 5.41 Å². The third-order valence-electron chi connectivity index (χ3n) is 13.2. The number of hydrogen-bond donors (Lipinski definition) is 0. The summed E-state index contributed by atoms with van der Waals surface area (Å²) in [5.74, 6) is 0. The molecule has 0 saturated heterocycles. The van der Waals surface area contributed by atoms with Gasteiger partial charge in [-0.25, -0.2) is 0 Å². The molecule has 0 heterocycles. The highest BCUT2D eigenvalue weighted by molar-refractivity contribution is 5.97. The molecular formula is C60H45N. The average Bonchev–Trinajstić information content (AvgIpc) is 3.61. The van der Waals surface area contributed by atoms with E-state index in [1.165, 1.54) is 77.2 Å². The van der Waals surface area contributed by atoms with Gasteiger partial charge in [-0.05, 0) is 126 Å². The molecule has 0 N–H and O–H groups in total. The van der Waals surface area contributed by atoms with Crippen molar-refractivity contribution in [3.63, 3.8) is 0 Å². The van der Waals surface area contributed by atoms with Crippen LogP contribution in [0.3, 0.4) is 0 Å². The molecule has 0 amide bonds. The van der Waals surface area contributed by atoms with Crippen LogP contribution in [0.1, 0.15) is 47.2 Å². The third-order valence-corrected chi connectivity index (χ3v) is 13.2. The van der Waals surface area contributed by atoms with Crippen molar-refractivity contribution in [3.05, 3.63) is 270 Å². The normalized spacial score (nSPS) is 12.9. The predicted octanol–water partition coefficient (Wildman–Crippen LogP) is 15.8. The van der Waals surface area contributed by atoms with Gasteiger partial charge in [0.1, 0.15) is 0 Å². The standard InChI is InChI=1S/C60H45N/c1-59(2,51-29-26-43-18-12-13-19-45(43)38-51)48-30-34-53(35-31-48)61(52-32-27-44(28-33-52)42-16-6-3-7-17-42)54-36-37-55-56-39-46-20-14-15-21-47(46)40-57(56)60(58(55)41-54,49-22-8-4-9-23-49)50-24-10-5-11-25-50/h3-41H,1-2H3. The van der Waals surface area contributed by atoms with E-state index >= 15 is 0 Å². The summed E-state index contributed by atoms with van der Waals surface area (Å²) in [6.45, 7) is 4.67. The Balaban J connectivity index is 1.10. The molecule has 0 saturated carbocycles. The number of benzene rings is 10. The molecule has 0 fully saturated rings. The van der Waals surface area contributed by atoms with Gasteiger partial charge in [0.15, 0.2) is 0 Å². The predicted molar refractivity (Wildman–Crippen MR) is 257 cm³/mol. The van der Waals surface area contributed by atoms with Crippen LogP contribution in [-0.4, -0.2) is 0 Å². The van der Waals surface area contributed by atoms with Gasteiger partial charge in [-0.2, -0.15) is 0 Å². The Morgan fingerprint density at radius 2 is 0.787 bits per heavy atom. The number of hydrogen-bond acceptors (Lipinski definition) is 1. The van der Waals surface area contributed by atoms with Crippen LogP contribution in [0.4, 0.5) is 17.1 Å². The van der Waals surface area contributed by atoms with E-state index < -0.39 is 5.41 Å². The number of nitrogens with zero attached hydrogens (tertiary/aromatic N) is 1. The molecule has 0 aromatic heterocycles. The Morgan fingerprint density at radius 3 is 1.41 bits per heavy atom. The average molecular weight is 780 g/mol. The Labute approximate surface area is 358 Å². The van der Waals surface area contributed by atoms with Crippen LogP contribution < -0.4 is 4.90 Å². The molecule has 0 unspecified atom stereocenters. The SMILES string of the molecule is CC(C)(c1ccc(N(c2ccc(-c3ccccc3)cc2)c2ccc3c(c2)C(c2ccccc2)(c2ccccc2)c2cc4ccccc4cc2-3)cc1)c1ccc2ccccc2c1. The highest BCUT2D eigenvalue weighted by Gasteiger charge is 2.46. The molecule has 0 aliphatic heterocycles. The van der Waals surface area contributed by atoms with Crippen molar-refractivity contribution in [1.82, 2.24) is 0 Å². The van der Waals surface area contributed by atoms with Crippen LogP contribution in [-0.2, 0) is 10.8 Å². The van der Waals surface area contributed by atoms with E-state index in [2.05, 4.69) is 255 Å². The second-order valence-corrected chi connectivity index (χ2v) is 16.9. The van der Waals surface area contributed by atoms with Crippen molar-refractivity contribution in [1.29, 1.82) is 0 Å². The molecular weight excluding hydrogens is 735 g/mol. The quantitative estimate of drug-likeness (QED) is 0.148. The fourth-order valence-corrected chi connectivity index (χ4v) is 9.95. The Hall–Kier alpha value is -7.48. The first kappa shape index (κ1) is 36.6. The van der Waals surface area contributed by atoms with Crippen LogP contribution in [0, 0.1) is 0 Å².